The number of hydrogen-bond acceptors (Lipinski definition) is 2. The van der Waals surface area contributed by atoms with Crippen molar-refractivity contribution in [2.75, 3.05) is 0 Å². The standard InChI is InChI=1S/C17H34O2/c1-8-10-15(11-13(3)9-2)19-16(14(4)18)12-17(5,6)7/h8,10,13-16,18H,9,11-12H2,1-7H3/b10-8+. The molecule has 0 amide bonds. The molecule has 19 heavy (non-hydrogen) atoms. The Morgan fingerprint density at radius 2 is 1.79 bits per heavy atom. The van der Waals surface area contributed by atoms with Crippen molar-refractivity contribution >= 4 is 0 Å². The summed E-state index contributed by atoms with van der Waals surface area (Å²) in [5, 5.41) is 9.93. The van der Waals surface area contributed by atoms with Crippen LogP contribution in [0, 0.1) is 11.3 Å². The van der Waals surface area contributed by atoms with E-state index in [1.54, 1.807) is 0 Å². The molecule has 0 saturated carbocycles. The Morgan fingerprint density at radius 3 is 2.16 bits per heavy atom. The van der Waals surface area contributed by atoms with Crippen molar-refractivity contribution in [3.05, 3.63) is 12.2 Å². The molecule has 0 rings (SSSR count). The molecule has 0 fully saturated rings. The van der Waals surface area contributed by atoms with Crippen molar-refractivity contribution in [1.29, 1.82) is 0 Å². The van der Waals surface area contributed by atoms with E-state index in [9.17, 15) is 5.11 Å². The van der Waals surface area contributed by atoms with Crippen LogP contribution in [0.1, 0.15) is 67.7 Å². The van der Waals surface area contributed by atoms with Gasteiger partial charge in [-0.1, -0.05) is 53.2 Å². The van der Waals surface area contributed by atoms with E-state index < -0.39 is 6.10 Å². The Hall–Kier alpha value is -0.340. The van der Waals surface area contributed by atoms with Crippen LogP contribution in [0.5, 0.6) is 0 Å². The minimum absolute atomic E-state index is 0.0924. The number of aliphatic hydroxyl groups is 1. The molecule has 0 aliphatic heterocycles. The van der Waals surface area contributed by atoms with Crippen LogP contribution < -0.4 is 0 Å². The molecule has 4 atom stereocenters. The lowest BCUT2D eigenvalue weighted by Gasteiger charge is -2.31. The molecule has 0 aliphatic rings. The van der Waals surface area contributed by atoms with Crippen LogP contribution >= 0.6 is 0 Å². The summed E-state index contributed by atoms with van der Waals surface area (Å²) in [6.45, 7) is 14.9. The van der Waals surface area contributed by atoms with Crippen molar-refractivity contribution in [3.8, 4) is 0 Å². The summed E-state index contributed by atoms with van der Waals surface area (Å²) in [4.78, 5) is 0. The zero-order valence-corrected chi connectivity index (χ0v) is 13.9. The minimum atomic E-state index is -0.427. The van der Waals surface area contributed by atoms with E-state index in [1.165, 1.54) is 0 Å². The van der Waals surface area contributed by atoms with Crippen molar-refractivity contribution in [3.63, 3.8) is 0 Å². The van der Waals surface area contributed by atoms with E-state index in [4.69, 9.17) is 4.74 Å². The molecule has 4 unspecified atom stereocenters. The number of hydrogen-bond donors (Lipinski definition) is 1. The fraction of sp³-hybridized carbons (Fsp3) is 0.882. The van der Waals surface area contributed by atoms with Crippen LogP contribution in [0.2, 0.25) is 0 Å². The third-order valence-electron chi connectivity index (χ3n) is 3.44. The van der Waals surface area contributed by atoms with Crippen molar-refractivity contribution in [2.24, 2.45) is 11.3 Å². The summed E-state index contributed by atoms with van der Waals surface area (Å²) in [5.74, 6) is 0.644. The van der Waals surface area contributed by atoms with Gasteiger partial charge in [0.2, 0.25) is 0 Å². The normalized spacial score (nSPS) is 19.4. The van der Waals surface area contributed by atoms with E-state index in [0.29, 0.717) is 5.92 Å². The lowest BCUT2D eigenvalue weighted by atomic mass is 9.87. The van der Waals surface area contributed by atoms with Gasteiger partial charge in [-0.05, 0) is 38.0 Å². The third kappa shape index (κ3) is 9.23. The largest absolute Gasteiger partial charge is 0.391 e. The van der Waals surface area contributed by atoms with Gasteiger partial charge in [-0.15, -0.1) is 0 Å². The minimum Gasteiger partial charge on any atom is -0.391 e. The molecule has 2 heteroatoms. The molecule has 0 spiro atoms. The van der Waals surface area contributed by atoms with E-state index in [0.717, 1.165) is 19.3 Å². The van der Waals surface area contributed by atoms with Gasteiger partial charge in [0.25, 0.3) is 0 Å². The Labute approximate surface area is 120 Å². The second kappa shape index (κ2) is 8.76. The first kappa shape index (κ1) is 18.7. The third-order valence-corrected chi connectivity index (χ3v) is 3.44. The van der Waals surface area contributed by atoms with Gasteiger partial charge in [0.15, 0.2) is 0 Å². The van der Waals surface area contributed by atoms with Crippen LogP contribution in [0.15, 0.2) is 12.2 Å². The van der Waals surface area contributed by atoms with Crippen LogP contribution in [-0.4, -0.2) is 23.4 Å². The quantitative estimate of drug-likeness (QED) is 0.655. The highest BCUT2D eigenvalue weighted by Gasteiger charge is 2.25. The molecule has 2 nitrogen and oxygen atoms in total. The van der Waals surface area contributed by atoms with Gasteiger partial charge in [-0.3, -0.25) is 0 Å². The molecule has 0 saturated heterocycles. The molecule has 0 radical (unpaired) electrons. The first-order valence-corrected chi connectivity index (χ1v) is 7.66. The average molecular weight is 270 g/mol. The summed E-state index contributed by atoms with van der Waals surface area (Å²) in [6, 6.07) is 0. The van der Waals surface area contributed by atoms with Crippen LogP contribution in [0.4, 0.5) is 0 Å². The highest BCUT2D eigenvalue weighted by atomic mass is 16.5. The zero-order chi connectivity index (χ0) is 15.1. The van der Waals surface area contributed by atoms with Crippen LogP contribution in [0.25, 0.3) is 0 Å². The van der Waals surface area contributed by atoms with E-state index in [-0.39, 0.29) is 17.6 Å². The number of allylic oxidation sites excluding steroid dienone is 1. The van der Waals surface area contributed by atoms with Gasteiger partial charge >= 0.3 is 0 Å². The molecule has 0 aromatic carbocycles. The highest BCUT2D eigenvalue weighted by Crippen LogP contribution is 2.26. The summed E-state index contributed by atoms with van der Waals surface area (Å²) >= 11 is 0. The molecule has 0 aromatic rings. The van der Waals surface area contributed by atoms with E-state index >= 15 is 0 Å². The number of ether oxygens (including phenoxy) is 1. The fourth-order valence-electron chi connectivity index (χ4n) is 2.12. The predicted molar refractivity (Wildman–Crippen MR) is 83.3 cm³/mol. The first-order valence-electron chi connectivity index (χ1n) is 7.66. The van der Waals surface area contributed by atoms with Crippen LogP contribution in [0.3, 0.4) is 0 Å². The van der Waals surface area contributed by atoms with E-state index in [1.807, 2.05) is 19.9 Å². The Morgan fingerprint density at radius 1 is 1.21 bits per heavy atom. The van der Waals surface area contributed by atoms with Gasteiger partial charge in [0, 0.05) is 0 Å². The average Bonchev–Trinajstić information content (AvgIpc) is 2.26. The second-order valence-electron chi connectivity index (χ2n) is 6.99. The lowest BCUT2D eigenvalue weighted by molar-refractivity contribution is -0.0766. The molecule has 0 bridgehead atoms. The monoisotopic (exact) mass is 270 g/mol. The maximum atomic E-state index is 9.93. The summed E-state index contributed by atoms with van der Waals surface area (Å²) in [5.41, 5.74) is 0.165. The lowest BCUT2D eigenvalue weighted by Crippen LogP contribution is -2.34. The Kier molecular flexibility index (Phi) is 8.60. The SMILES string of the molecule is C/C=C/C(CC(C)CC)OC(CC(C)(C)C)C(C)O. The van der Waals surface area contributed by atoms with Crippen LogP contribution in [-0.2, 0) is 4.74 Å². The van der Waals surface area contributed by atoms with Crippen molar-refractivity contribution in [2.45, 2.75) is 86.0 Å². The predicted octanol–water partition coefficient (Wildman–Crippen LogP) is 4.57. The summed E-state index contributed by atoms with van der Waals surface area (Å²) in [6.07, 6.45) is 6.81. The molecule has 0 aromatic heterocycles. The molecule has 0 aliphatic carbocycles. The van der Waals surface area contributed by atoms with Gasteiger partial charge in [0.05, 0.1) is 18.3 Å². The first-order chi connectivity index (χ1) is 8.69. The topological polar surface area (TPSA) is 29.5 Å². The van der Waals surface area contributed by atoms with Gasteiger partial charge < -0.3 is 9.84 Å². The molecular weight excluding hydrogens is 236 g/mol. The maximum absolute atomic E-state index is 9.93. The van der Waals surface area contributed by atoms with Gasteiger partial charge in [-0.2, -0.15) is 0 Å². The zero-order valence-electron chi connectivity index (χ0n) is 13.9. The highest BCUT2D eigenvalue weighted by molar-refractivity contribution is 4.89. The number of rotatable bonds is 8. The van der Waals surface area contributed by atoms with Gasteiger partial charge in [0.1, 0.15) is 0 Å². The summed E-state index contributed by atoms with van der Waals surface area (Å²) < 4.78 is 6.16. The molecule has 0 heterocycles. The fourth-order valence-corrected chi connectivity index (χ4v) is 2.12. The Balaban J connectivity index is 4.65. The Bertz CT molecular complexity index is 250. The molecule has 114 valence electrons. The smallest absolute Gasteiger partial charge is 0.0844 e. The molecular formula is C17H34O2. The van der Waals surface area contributed by atoms with Crippen molar-refractivity contribution < 1.29 is 9.84 Å². The summed E-state index contributed by atoms with van der Waals surface area (Å²) in [7, 11) is 0. The van der Waals surface area contributed by atoms with E-state index in [2.05, 4.69) is 40.7 Å². The maximum Gasteiger partial charge on any atom is 0.0844 e. The second-order valence-corrected chi connectivity index (χ2v) is 6.99. The van der Waals surface area contributed by atoms with Crippen molar-refractivity contribution in [1.82, 2.24) is 0 Å². The van der Waals surface area contributed by atoms with Gasteiger partial charge in [-0.25, -0.2) is 0 Å². The number of aliphatic hydroxyl groups excluding tert-OH is 1. The molecule has 1 N–H and O–H groups in total.